The maximum absolute atomic E-state index is 14.6. The molecule has 0 heterocycles. The number of nitrogens with one attached hydrogen (secondary N) is 1. The molecule has 0 aliphatic carbocycles. The summed E-state index contributed by atoms with van der Waals surface area (Å²) in [6, 6.07) is 31.2. The number of carbonyl (C=O) groups excluding carboxylic acids is 2. The number of hydrogen-bond donors (Lipinski definition) is 1. The summed E-state index contributed by atoms with van der Waals surface area (Å²) < 4.78 is 35.6. The van der Waals surface area contributed by atoms with Crippen LogP contribution in [0.1, 0.15) is 43.9 Å². The van der Waals surface area contributed by atoms with Crippen molar-refractivity contribution in [3.8, 4) is 5.75 Å². The van der Waals surface area contributed by atoms with Crippen LogP contribution in [0.5, 0.6) is 5.75 Å². The number of carbonyl (C=O) groups is 2. The zero-order chi connectivity index (χ0) is 33.1. The number of para-hydroxylation sites is 2. The average molecular weight is 642 g/mol. The molecule has 242 valence electrons. The third-order valence-electron chi connectivity index (χ3n) is 7.79. The summed E-state index contributed by atoms with van der Waals surface area (Å²) >= 11 is 0. The summed E-state index contributed by atoms with van der Waals surface area (Å²) in [5.41, 5.74) is 2.83. The normalized spacial score (nSPS) is 12.5. The quantitative estimate of drug-likeness (QED) is 0.168. The maximum atomic E-state index is 14.6. The Morgan fingerprint density at radius 1 is 0.804 bits per heavy atom. The van der Waals surface area contributed by atoms with Gasteiger partial charge in [-0.05, 0) is 62.6 Å². The van der Waals surface area contributed by atoms with Crippen molar-refractivity contribution in [2.24, 2.45) is 0 Å². The van der Waals surface area contributed by atoms with Crippen molar-refractivity contribution in [2.45, 2.75) is 64.1 Å². The van der Waals surface area contributed by atoms with E-state index in [2.05, 4.69) is 5.32 Å². The van der Waals surface area contributed by atoms with E-state index in [1.165, 1.54) is 17.0 Å². The van der Waals surface area contributed by atoms with Crippen LogP contribution in [-0.2, 0) is 32.6 Å². The standard InChI is InChI=1S/C37H43N3O5S/c1-5-29(4)38-37(42)34(25-30-15-9-7-10-16-30)39(26-31-17-11-8-12-18-31)36(41)27-40(33-19-13-14-20-35(33)45-6-2)46(43,44)32-23-21-28(3)22-24-32/h7-24,29,34H,5-6,25-27H2,1-4H3,(H,38,42)/t29-,34-/m0/s1. The molecule has 0 unspecified atom stereocenters. The Kier molecular flexibility index (Phi) is 12.0. The Morgan fingerprint density at radius 3 is 2.00 bits per heavy atom. The van der Waals surface area contributed by atoms with Crippen LogP contribution in [0.2, 0.25) is 0 Å². The Labute approximate surface area is 273 Å². The molecule has 0 radical (unpaired) electrons. The molecule has 9 heteroatoms. The van der Waals surface area contributed by atoms with E-state index in [0.29, 0.717) is 18.8 Å². The van der Waals surface area contributed by atoms with Crippen molar-refractivity contribution in [1.29, 1.82) is 0 Å². The highest BCUT2D eigenvalue weighted by Crippen LogP contribution is 2.33. The fraction of sp³-hybridized carbons (Fsp3) is 0.297. The highest BCUT2D eigenvalue weighted by atomic mass is 32.2. The van der Waals surface area contributed by atoms with E-state index in [9.17, 15) is 18.0 Å². The molecular formula is C37H43N3O5S. The van der Waals surface area contributed by atoms with Crippen molar-refractivity contribution < 1.29 is 22.7 Å². The van der Waals surface area contributed by atoms with Crippen LogP contribution in [-0.4, -0.2) is 50.4 Å². The van der Waals surface area contributed by atoms with Gasteiger partial charge in [0, 0.05) is 19.0 Å². The van der Waals surface area contributed by atoms with Crippen LogP contribution in [0.3, 0.4) is 0 Å². The largest absolute Gasteiger partial charge is 0.492 e. The lowest BCUT2D eigenvalue weighted by molar-refractivity contribution is -0.140. The van der Waals surface area contributed by atoms with Gasteiger partial charge in [-0.1, -0.05) is 97.4 Å². The van der Waals surface area contributed by atoms with E-state index in [-0.39, 0.29) is 35.5 Å². The second-order valence-corrected chi connectivity index (χ2v) is 13.1. The Balaban J connectivity index is 1.83. The van der Waals surface area contributed by atoms with Gasteiger partial charge in [0.25, 0.3) is 10.0 Å². The molecule has 0 bridgehead atoms. The van der Waals surface area contributed by atoms with E-state index in [1.54, 1.807) is 36.4 Å². The first-order chi connectivity index (χ1) is 22.1. The summed E-state index contributed by atoms with van der Waals surface area (Å²) in [6.45, 7) is 7.45. The highest BCUT2D eigenvalue weighted by molar-refractivity contribution is 7.92. The fourth-order valence-electron chi connectivity index (χ4n) is 5.07. The molecule has 0 aliphatic rings. The summed E-state index contributed by atoms with van der Waals surface area (Å²) in [5, 5.41) is 3.06. The summed E-state index contributed by atoms with van der Waals surface area (Å²) in [5.74, 6) is -0.491. The first-order valence-corrected chi connectivity index (χ1v) is 17.1. The van der Waals surface area contributed by atoms with Gasteiger partial charge in [0.05, 0.1) is 17.2 Å². The van der Waals surface area contributed by atoms with E-state index in [0.717, 1.165) is 21.0 Å². The monoisotopic (exact) mass is 641 g/mol. The van der Waals surface area contributed by atoms with Gasteiger partial charge < -0.3 is 15.0 Å². The molecule has 0 spiro atoms. The van der Waals surface area contributed by atoms with Crippen LogP contribution in [0.15, 0.2) is 114 Å². The van der Waals surface area contributed by atoms with Gasteiger partial charge in [-0.25, -0.2) is 8.42 Å². The molecule has 0 saturated heterocycles. The maximum Gasteiger partial charge on any atom is 0.264 e. The van der Waals surface area contributed by atoms with Gasteiger partial charge in [-0.15, -0.1) is 0 Å². The van der Waals surface area contributed by atoms with Crippen molar-refractivity contribution in [1.82, 2.24) is 10.2 Å². The first kappa shape index (κ1) is 34.2. The number of aryl methyl sites for hydroxylation is 1. The Hall–Kier alpha value is -4.63. The number of anilines is 1. The molecule has 46 heavy (non-hydrogen) atoms. The molecule has 4 aromatic carbocycles. The number of sulfonamides is 1. The van der Waals surface area contributed by atoms with Crippen molar-refractivity contribution in [3.05, 3.63) is 126 Å². The van der Waals surface area contributed by atoms with Crippen LogP contribution >= 0.6 is 0 Å². The van der Waals surface area contributed by atoms with Gasteiger partial charge in [-0.3, -0.25) is 13.9 Å². The molecule has 2 amide bonds. The molecular weight excluding hydrogens is 598 g/mol. The molecule has 0 saturated carbocycles. The van der Waals surface area contributed by atoms with Crippen LogP contribution < -0.4 is 14.4 Å². The zero-order valence-electron chi connectivity index (χ0n) is 26.9. The molecule has 4 rings (SSSR count). The molecule has 1 N–H and O–H groups in total. The zero-order valence-corrected chi connectivity index (χ0v) is 27.7. The summed E-state index contributed by atoms with van der Waals surface area (Å²) in [6.07, 6.45) is 0.967. The van der Waals surface area contributed by atoms with E-state index < -0.39 is 28.5 Å². The molecule has 4 aromatic rings. The number of amides is 2. The molecule has 0 aliphatic heterocycles. The third kappa shape index (κ3) is 8.75. The van der Waals surface area contributed by atoms with Crippen LogP contribution in [0.25, 0.3) is 0 Å². The third-order valence-corrected chi connectivity index (χ3v) is 9.56. The lowest BCUT2D eigenvalue weighted by Crippen LogP contribution is -2.54. The second kappa shape index (κ2) is 16.1. The lowest BCUT2D eigenvalue weighted by atomic mass is 10.0. The molecule has 2 atom stereocenters. The lowest BCUT2D eigenvalue weighted by Gasteiger charge is -2.34. The summed E-state index contributed by atoms with van der Waals surface area (Å²) in [7, 11) is -4.24. The predicted octanol–water partition coefficient (Wildman–Crippen LogP) is 6.14. The number of benzene rings is 4. The summed E-state index contributed by atoms with van der Waals surface area (Å²) in [4.78, 5) is 30.1. The minimum atomic E-state index is -4.24. The Bertz CT molecular complexity index is 1680. The minimum Gasteiger partial charge on any atom is -0.492 e. The van der Waals surface area contributed by atoms with Gasteiger partial charge in [0.2, 0.25) is 11.8 Å². The number of rotatable bonds is 15. The minimum absolute atomic E-state index is 0.0437. The smallest absolute Gasteiger partial charge is 0.264 e. The van der Waals surface area contributed by atoms with Crippen LogP contribution in [0, 0.1) is 6.92 Å². The van der Waals surface area contributed by atoms with Crippen molar-refractivity contribution in [3.63, 3.8) is 0 Å². The predicted molar refractivity (Wildman–Crippen MR) is 182 cm³/mol. The first-order valence-electron chi connectivity index (χ1n) is 15.6. The number of hydrogen-bond acceptors (Lipinski definition) is 5. The second-order valence-electron chi connectivity index (χ2n) is 11.3. The van der Waals surface area contributed by atoms with Gasteiger partial charge in [0.1, 0.15) is 18.3 Å². The molecule has 0 fully saturated rings. The number of ether oxygens (including phenoxy) is 1. The van der Waals surface area contributed by atoms with Crippen molar-refractivity contribution in [2.75, 3.05) is 17.5 Å². The molecule has 8 nitrogen and oxygen atoms in total. The number of nitrogens with zero attached hydrogens (tertiary/aromatic N) is 2. The molecule has 0 aromatic heterocycles. The fourth-order valence-corrected chi connectivity index (χ4v) is 6.49. The van der Waals surface area contributed by atoms with E-state index >= 15 is 0 Å². The Morgan fingerprint density at radius 2 is 1.39 bits per heavy atom. The van der Waals surface area contributed by atoms with Gasteiger partial charge >= 0.3 is 0 Å². The van der Waals surface area contributed by atoms with Gasteiger partial charge in [-0.2, -0.15) is 0 Å². The average Bonchev–Trinajstić information content (AvgIpc) is 3.06. The van der Waals surface area contributed by atoms with Crippen LogP contribution in [0.4, 0.5) is 5.69 Å². The van der Waals surface area contributed by atoms with Crippen molar-refractivity contribution >= 4 is 27.5 Å². The SMILES string of the molecule is CCOc1ccccc1N(CC(=O)N(Cc1ccccc1)[C@@H](Cc1ccccc1)C(=O)N[C@@H](C)CC)S(=O)(=O)c1ccc(C)cc1. The topological polar surface area (TPSA) is 96.0 Å². The van der Waals surface area contributed by atoms with E-state index in [1.807, 2.05) is 88.4 Å². The van der Waals surface area contributed by atoms with Gasteiger partial charge in [0.15, 0.2) is 0 Å². The van der Waals surface area contributed by atoms with E-state index in [4.69, 9.17) is 4.74 Å². The highest BCUT2D eigenvalue weighted by Gasteiger charge is 2.35.